The smallest absolute Gasteiger partial charge is 0.190 e. The van der Waals surface area contributed by atoms with E-state index in [9.17, 15) is 4.79 Å². The summed E-state index contributed by atoms with van der Waals surface area (Å²) in [5.74, 6) is 0. The Morgan fingerprint density at radius 1 is 0.963 bits per heavy atom. The molecule has 27 heavy (non-hydrogen) atoms. The third kappa shape index (κ3) is 6.29. The third-order valence-corrected chi connectivity index (χ3v) is 10.6. The first-order valence-corrected chi connectivity index (χ1v) is 13.4. The Bertz CT molecular complexity index is 659. The van der Waals surface area contributed by atoms with E-state index in [1.165, 1.54) is 23.2 Å². The van der Waals surface area contributed by atoms with Crippen molar-refractivity contribution in [2.75, 3.05) is 0 Å². The number of alkyl halides is 1. The summed E-state index contributed by atoms with van der Waals surface area (Å²) >= 11 is 3.78. The van der Waals surface area contributed by atoms with E-state index in [0.29, 0.717) is 16.7 Å². The predicted octanol–water partition coefficient (Wildman–Crippen LogP) is 5.67. The van der Waals surface area contributed by atoms with Gasteiger partial charge in [0.25, 0.3) is 0 Å². The molecule has 0 N–H and O–H groups in total. The number of halogens is 1. The molecule has 144 valence electrons. The topological polar surface area (TPSA) is 17.1 Å². The molecular weight excluding hydrogens is 412 g/mol. The van der Waals surface area contributed by atoms with Gasteiger partial charge in [-0.25, -0.2) is 0 Å². The molecule has 0 aliphatic rings. The van der Waals surface area contributed by atoms with Crippen LogP contribution in [0.1, 0.15) is 44.9 Å². The van der Waals surface area contributed by atoms with Crippen molar-refractivity contribution >= 4 is 39.8 Å². The maximum atomic E-state index is 13.4. The van der Waals surface area contributed by atoms with Crippen LogP contribution in [0.3, 0.4) is 0 Å². The third-order valence-electron chi connectivity index (χ3n) is 5.36. The zero-order chi connectivity index (χ0) is 19.5. The van der Waals surface area contributed by atoms with Crippen molar-refractivity contribution in [3.05, 3.63) is 73.3 Å². The minimum Gasteiger partial charge on any atom is -0.305 e. The van der Waals surface area contributed by atoms with Gasteiger partial charge in [-0.2, -0.15) is 0 Å². The van der Waals surface area contributed by atoms with Gasteiger partial charge in [-0.05, 0) is 42.5 Å². The lowest BCUT2D eigenvalue weighted by atomic mass is 10.1. The van der Waals surface area contributed by atoms with Crippen LogP contribution in [0.5, 0.6) is 0 Å². The van der Waals surface area contributed by atoms with E-state index in [2.05, 4.69) is 77.6 Å². The summed E-state index contributed by atoms with van der Waals surface area (Å²) in [5.41, 5.74) is 0. The minimum absolute atomic E-state index is 0.442. The van der Waals surface area contributed by atoms with E-state index < -0.39 is 8.07 Å². The molecule has 2 rings (SSSR count). The fourth-order valence-electron chi connectivity index (χ4n) is 3.56. The molecule has 0 saturated heterocycles. The highest BCUT2D eigenvalue weighted by Crippen LogP contribution is 2.19. The van der Waals surface area contributed by atoms with Crippen molar-refractivity contribution in [2.45, 2.75) is 56.3 Å². The van der Waals surface area contributed by atoms with Crippen molar-refractivity contribution in [3.63, 3.8) is 0 Å². The van der Waals surface area contributed by atoms with Gasteiger partial charge >= 0.3 is 0 Å². The summed E-state index contributed by atoms with van der Waals surface area (Å²) in [7, 11) is -2.37. The Kier molecular flexibility index (Phi) is 9.23. The van der Waals surface area contributed by atoms with Crippen LogP contribution in [0, 0.1) is 0 Å². The van der Waals surface area contributed by atoms with E-state index in [1.807, 2.05) is 18.2 Å². The molecular formula is C24H31BrOSi. The average Bonchev–Trinajstić information content (AvgIpc) is 2.72. The summed E-state index contributed by atoms with van der Waals surface area (Å²) in [6.07, 6.45) is 9.33. The van der Waals surface area contributed by atoms with Crippen LogP contribution in [-0.4, -0.2) is 18.3 Å². The van der Waals surface area contributed by atoms with Gasteiger partial charge < -0.3 is 4.79 Å². The van der Waals surface area contributed by atoms with Crippen LogP contribution in [-0.2, 0) is 4.79 Å². The number of benzene rings is 2. The Morgan fingerprint density at radius 2 is 1.48 bits per heavy atom. The molecule has 0 bridgehead atoms. The quantitative estimate of drug-likeness (QED) is 0.179. The standard InChI is InChI=1S/C24H31BrOSi/c1-3-4-7-14-21(25)15-12-13-20-24(26)27(2,22-16-8-5-9-17-22)23-18-10-6-11-19-23/h3,5-6,8-11,16-19,21H,1,4,7,12-15,20H2,2H3. The van der Waals surface area contributed by atoms with Crippen molar-refractivity contribution in [1.82, 2.24) is 0 Å². The van der Waals surface area contributed by atoms with E-state index in [-0.39, 0.29) is 0 Å². The second-order valence-corrected chi connectivity index (χ2v) is 12.6. The molecule has 0 saturated carbocycles. The van der Waals surface area contributed by atoms with Crippen LogP contribution in [0.2, 0.25) is 6.55 Å². The second kappa shape index (κ2) is 11.4. The largest absolute Gasteiger partial charge is 0.305 e. The zero-order valence-corrected chi connectivity index (χ0v) is 19.0. The average molecular weight is 444 g/mol. The number of hydrogen-bond donors (Lipinski definition) is 0. The highest BCUT2D eigenvalue weighted by atomic mass is 79.9. The first-order chi connectivity index (χ1) is 13.1. The van der Waals surface area contributed by atoms with Crippen molar-refractivity contribution in [2.24, 2.45) is 0 Å². The fourth-order valence-corrected chi connectivity index (χ4v) is 7.58. The summed E-state index contributed by atoms with van der Waals surface area (Å²) in [4.78, 5) is 13.9. The number of allylic oxidation sites excluding steroid dienone is 1. The summed E-state index contributed by atoms with van der Waals surface area (Å²) in [6.45, 7) is 5.99. The maximum Gasteiger partial charge on any atom is 0.190 e. The van der Waals surface area contributed by atoms with Gasteiger partial charge in [0.15, 0.2) is 8.07 Å². The number of hydrogen-bond acceptors (Lipinski definition) is 1. The predicted molar refractivity (Wildman–Crippen MR) is 124 cm³/mol. The Labute approximate surface area is 174 Å². The monoisotopic (exact) mass is 442 g/mol. The van der Waals surface area contributed by atoms with Gasteiger partial charge in [0.2, 0.25) is 0 Å². The number of carbonyl (C=O) groups excluding carboxylic acids is 1. The molecule has 2 aromatic rings. The number of rotatable bonds is 12. The molecule has 0 heterocycles. The fraction of sp³-hybridized carbons (Fsp3) is 0.375. The summed E-state index contributed by atoms with van der Waals surface area (Å²) in [5, 5.41) is 2.87. The lowest BCUT2D eigenvalue weighted by molar-refractivity contribution is -0.112. The lowest BCUT2D eigenvalue weighted by Crippen LogP contribution is -2.62. The number of carbonyl (C=O) groups is 1. The zero-order valence-electron chi connectivity index (χ0n) is 16.4. The molecule has 0 radical (unpaired) electrons. The molecule has 0 aliphatic heterocycles. The van der Waals surface area contributed by atoms with Crippen LogP contribution in [0.25, 0.3) is 0 Å². The Balaban J connectivity index is 1.99. The molecule has 0 aromatic heterocycles. The molecule has 2 aromatic carbocycles. The minimum atomic E-state index is -2.37. The Morgan fingerprint density at radius 3 is 2.00 bits per heavy atom. The van der Waals surface area contributed by atoms with E-state index in [1.54, 1.807) is 0 Å². The van der Waals surface area contributed by atoms with Gasteiger partial charge in [0, 0.05) is 11.2 Å². The SMILES string of the molecule is C=CCCCC(Br)CCCCC(=O)[Si](C)(c1ccccc1)c1ccccc1. The first-order valence-electron chi connectivity index (χ1n) is 9.98. The van der Waals surface area contributed by atoms with Gasteiger partial charge in [-0.15, -0.1) is 6.58 Å². The molecule has 0 spiro atoms. The van der Waals surface area contributed by atoms with Gasteiger partial charge in [-0.1, -0.05) is 95.6 Å². The van der Waals surface area contributed by atoms with Crippen LogP contribution in [0.4, 0.5) is 0 Å². The van der Waals surface area contributed by atoms with Crippen LogP contribution in [0.15, 0.2) is 73.3 Å². The summed E-state index contributed by atoms with van der Waals surface area (Å²) < 4.78 is 0. The van der Waals surface area contributed by atoms with Gasteiger partial charge in [-0.3, -0.25) is 0 Å². The number of unbranched alkanes of at least 4 members (excludes halogenated alkanes) is 2. The Hall–Kier alpha value is -1.45. The molecule has 1 nitrogen and oxygen atoms in total. The highest BCUT2D eigenvalue weighted by Gasteiger charge is 2.39. The highest BCUT2D eigenvalue weighted by molar-refractivity contribution is 9.09. The van der Waals surface area contributed by atoms with Crippen molar-refractivity contribution in [3.8, 4) is 0 Å². The van der Waals surface area contributed by atoms with E-state index >= 15 is 0 Å². The first kappa shape index (κ1) is 21.8. The van der Waals surface area contributed by atoms with Gasteiger partial charge in [0.05, 0.1) is 0 Å². The summed E-state index contributed by atoms with van der Waals surface area (Å²) in [6, 6.07) is 20.8. The van der Waals surface area contributed by atoms with E-state index in [0.717, 1.165) is 25.7 Å². The molecule has 0 amide bonds. The maximum absolute atomic E-state index is 13.4. The van der Waals surface area contributed by atoms with Crippen molar-refractivity contribution in [1.29, 1.82) is 0 Å². The second-order valence-electron chi connectivity index (χ2n) is 7.34. The molecule has 3 heteroatoms. The van der Waals surface area contributed by atoms with Crippen LogP contribution < -0.4 is 10.4 Å². The normalized spacial score (nSPS) is 12.5. The van der Waals surface area contributed by atoms with Crippen molar-refractivity contribution < 1.29 is 4.79 Å². The molecule has 1 atom stereocenters. The van der Waals surface area contributed by atoms with Gasteiger partial charge in [0.1, 0.15) is 5.41 Å². The molecule has 1 unspecified atom stereocenters. The lowest BCUT2D eigenvalue weighted by Gasteiger charge is -2.27. The van der Waals surface area contributed by atoms with Crippen LogP contribution >= 0.6 is 15.9 Å². The molecule has 0 fully saturated rings. The van der Waals surface area contributed by atoms with E-state index in [4.69, 9.17) is 0 Å². The molecule has 0 aliphatic carbocycles.